The van der Waals surface area contributed by atoms with Crippen molar-refractivity contribution in [2.45, 2.75) is 31.7 Å². The summed E-state index contributed by atoms with van der Waals surface area (Å²) < 4.78 is 5.77. The van der Waals surface area contributed by atoms with Crippen LogP contribution >= 0.6 is 15.9 Å². The Morgan fingerprint density at radius 2 is 2.10 bits per heavy atom. The number of carbonyl (C=O) groups excluding carboxylic acids is 1. The molecule has 0 aromatic heterocycles. The zero-order chi connectivity index (χ0) is 15.6. The molecule has 1 aliphatic rings. The molecule has 0 bridgehead atoms. The van der Waals surface area contributed by atoms with Gasteiger partial charge in [-0.15, -0.1) is 0 Å². The second kappa shape index (κ2) is 6.05. The number of likely N-dealkylation sites (tertiary alicyclic amines) is 1. The molecule has 5 nitrogen and oxygen atoms in total. The summed E-state index contributed by atoms with van der Waals surface area (Å²) in [4.78, 5) is 25.8. The molecule has 0 spiro atoms. The number of ether oxygens (including phenoxy) is 1. The van der Waals surface area contributed by atoms with Crippen molar-refractivity contribution in [3.8, 4) is 5.75 Å². The summed E-state index contributed by atoms with van der Waals surface area (Å²) in [5, 5.41) is 9.50. The molecule has 1 aliphatic heterocycles. The molecule has 0 aliphatic carbocycles. The van der Waals surface area contributed by atoms with Gasteiger partial charge in [-0.3, -0.25) is 4.79 Å². The predicted molar refractivity (Wildman–Crippen MR) is 81.6 cm³/mol. The highest BCUT2D eigenvalue weighted by Crippen LogP contribution is 2.32. The van der Waals surface area contributed by atoms with Gasteiger partial charge in [-0.25, -0.2) is 4.79 Å². The molecular weight excluding hydrogens is 338 g/mol. The zero-order valence-electron chi connectivity index (χ0n) is 12.1. The van der Waals surface area contributed by atoms with Gasteiger partial charge in [0.05, 0.1) is 12.7 Å². The van der Waals surface area contributed by atoms with Crippen LogP contribution in [-0.4, -0.2) is 41.1 Å². The minimum atomic E-state index is -1.15. The highest BCUT2D eigenvalue weighted by Gasteiger charge is 2.44. The largest absolute Gasteiger partial charge is 0.497 e. The first-order chi connectivity index (χ1) is 9.90. The summed E-state index contributed by atoms with van der Waals surface area (Å²) in [6, 6.07) is 5.10. The smallest absolute Gasteiger partial charge is 0.329 e. The van der Waals surface area contributed by atoms with Gasteiger partial charge in [0.2, 0.25) is 0 Å². The van der Waals surface area contributed by atoms with Crippen LogP contribution in [0.2, 0.25) is 0 Å². The van der Waals surface area contributed by atoms with Gasteiger partial charge in [0, 0.05) is 11.0 Å². The van der Waals surface area contributed by atoms with E-state index in [-0.39, 0.29) is 5.91 Å². The van der Waals surface area contributed by atoms with E-state index in [1.54, 1.807) is 25.1 Å². The Bertz CT molecular complexity index is 575. The second-order valence-corrected chi connectivity index (χ2v) is 6.19. The molecule has 1 saturated heterocycles. The molecule has 114 valence electrons. The third kappa shape index (κ3) is 2.90. The summed E-state index contributed by atoms with van der Waals surface area (Å²) in [6.45, 7) is 2.06. The SMILES string of the molecule is COc1ccc(Br)c(C(=O)N2CCCCC2(C)C(=O)O)c1. The van der Waals surface area contributed by atoms with Crippen molar-refractivity contribution < 1.29 is 19.4 Å². The number of benzene rings is 1. The molecule has 0 saturated carbocycles. The maximum absolute atomic E-state index is 12.8. The van der Waals surface area contributed by atoms with Crippen LogP contribution in [0, 0.1) is 0 Å². The lowest BCUT2D eigenvalue weighted by molar-refractivity contribution is -0.150. The molecule has 2 rings (SSSR count). The lowest BCUT2D eigenvalue weighted by Crippen LogP contribution is -2.57. The Balaban J connectivity index is 2.40. The molecule has 6 heteroatoms. The normalized spacial score (nSPS) is 22.0. The summed E-state index contributed by atoms with van der Waals surface area (Å²) >= 11 is 3.35. The first-order valence-electron chi connectivity index (χ1n) is 6.79. The molecule has 0 radical (unpaired) electrons. The van der Waals surface area contributed by atoms with E-state index >= 15 is 0 Å². The summed E-state index contributed by atoms with van der Waals surface area (Å²) in [7, 11) is 1.53. The van der Waals surface area contributed by atoms with Gasteiger partial charge in [0.1, 0.15) is 11.3 Å². The average Bonchev–Trinajstić information content (AvgIpc) is 2.47. The minimum absolute atomic E-state index is 0.287. The summed E-state index contributed by atoms with van der Waals surface area (Å²) in [5.41, 5.74) is -0.735. The van der Waals surface area contributed by atoms with Crippen molar-refractivity contribution in [2.75, 3.05) is 13.7 Å². The first kappa shape index (κ1) is 15.8. The fraction of sp³-hybridized carbons (Fsp3) is 0.467. The van der Waals surface area contributed by atoms with E-state index in [0.717, 1.165) is 12.8 Å². The number of carboxylic acids is 1. The number of carboxylic acid groups (broad SMARTS) is 1. The number of aliphatic carboxylic acids is 1. The zero-order valence-corrected chi connectivity index (χ0v) is 13.6. The third-order valence-electron chi connectivity index (χ3n) is 4.00. The Kier molecular flexibility index (Phi) is 4.56. The lowest BCUT2D eigenvalue weighted by Gasteiger charge is -2.41. The highest BCUT2D eigenvalue weighted by molar-refractivity contribution is 9.10. The number of amides is 1. The van der Waals surface area contributed by atoms with E-state index in [1.807, 2.05) is 0 Å². The fourth-order valence-electron chi connectivity index (χ4n) is 2.61. The number of nitrogens with zero attached hydrogens (tertiary/aromatic N) is 1. The van der Waals surface area contributed by atoms with Crippen molar-refractivity contribution in [3.05, 3.63) is 28.2 Å². The number of hydrogen-bond acceptors (Lipinski definition) is 3. The Morgan fingerprint density at radius 1 is 1.38 bits per heavy atom. The monoisotopic (exact) mass is 355 g/mol. The summed E-state index contributed by atoms with van der Waals surface area (Å²) in [6.07, 6.45) is 2.09. The first-order valence-corrected chi connectivity index (χ1v) is 7.58. The van der Waals surface area contributed by atoms with Crippen LogP contribution in [0.25, 0.3) is 0 Å². The molecule has 1 heterocycles. The molecule has 1 aromatic rings. The van der Waals surface area contributed by atoms with Gasteiger partial charge in [-0.2, -0.15) is 0 Å². The van der Waals surface area contributed by atoms with E-state index in [0.29, 0.717) is 28.8 Å². The van der Waals surface area contributed by atoms with Gasteiger partial charge in [0.25, 0.3) is 5.91 Å². The van der Waals surface area contributed by atoms with Crippen molar-refractivity contribution in [3.63, 3.8) is 0 Å². The average molecular weight is 356 g/mol. The Hall–Kier alpha value is -1.56. The number of hydrogen-bond donors (Lipinski definition) is 1. The van der Waals surface area contributed by atoms with Crippen LogP contribution in [0.1, 0.15) is 36.5 Å². The minimum Gasteiger partial charge on any atom is -0.497 e. The number of carbonyl (C=O) groups is 2. The number of rotatable bonds is 3. The molecule has 1 N–H and O–H groups in total. The Labute approximate surface area is 132 Å². The maximum Gasteiger partial charge on any atom is 0.329 e. The fourth-order valence-corrected chi connectivity index (χ4v) is 3.03. The van der Waals surface area contributed by atoms with Crippen LogP contribution in [0.15, 0.2) is 22.7 Å². The molecule has 1 fully saturated rings. The molecule has 21 heavy (non-hydrogen) atoms. The maximum atomic E-state index is 12.8. The van der Waals surface area contributed by atoms with Crippen LogP contribution < -0.4 is 4.74 Å². The van der Waals surface area contributed by atoms with Crippen LogP contribution in [0.4, 0.5) is 0 Å². The number of halogens is 1. The van der Waals surface area contributed by atoms with Gasteiger partial charge >= 0.3 is 5.97 Å². The van der Waals surface area contributed by atoms with Gasteiger partial charge < -0.3 is 14.7 Å². The van der Waals surface area contributed by atoms with Gasteiger partial charge in [0.15, 0.2) is 0 Å². The van der Waals surface area contributed by atoms with Crippen molar-refractivity contribution in [1.29, 1.82) is 0 Å². The van der Waals surface area contributed by atoms with E-state index in [1.165, 1.54) is 12.0 Å². The predicted octanol–water partition coefficient (Wildman–Crippen LogP) is 2.93. The third-order valence-corrected chi connectivity index (χ3v) is 4.69. The van der Waals surface area contributed by atoms with Crippen LogP contribution in [-0.2, 0) is 4.79 Å². The van der Waals surface area contributed by atoms with E-state index in [4.69, 9.17) is 4.74 Å². The quantitative estimate of drug-likeness (QED) is 0.904. The molecule has 1 aromatic carbocycles. The van der Waals surface area contributed by atoms with Gasteiger partial charge in [-0.1, -0.05) is 0 Å². The standard InChI is InChI=1S/C15H18BrNO4/c1-15(14(19)20)7-3-4-8-17(15)13(18)11-9-10(21-2)5-6-12(11)16/h5-6,9H,3-4,7-8H2,1-2H3,(H,19,20). The van der Waals surface area contributed by atoms with E-state index in [9.17, 15) is 14.7 Å². The second-order valence-electron chi connectivity index (χ2n) is 5.34. The topological polar surface area (TPSA) is 66.8 Å². The molecular formula is C15H18BrNO4. The van der Waals surface area contributed by atoms with Crippen molar-refractivity contribution in [2.24, 2.45) is 0 Å². The molecule has 1 unspecified atom stereocenters. The number of piperidine rings is 1. The Morgan fingerprint density at radius 3 is 2.71 bits per heavy atom. The van der Waals surface area contributed by atoms with Crippen LogP contribution in [0.3, 0.4) is 0 Å². The number of methoxy groups -OCH3 is 1. The molecule has 1 amide bonds. The molecule has 1 atom stereocenters. The van der Waals surface area contributed by atoms with Crippen molar-refractivity contribution in [1.82, 2.24) is 4.90 Å². The highest BCUT2D eigenvalue weighted by atomic mass is 79.9. The van der Waals surface area contributed by atoms with Crippen LogP contribution in [0.5, 0.6) is 5.75 Å². The summed E-state index contributed by atoms with van der Waals surface area (Å²) in [5.74, 6) is -0.685. The van der Waals surface area contributed by atoms with Crippen molar-refractivity contribution >= 4 is 27.8 Å². The van der Waals surface area contributed by atoms with Gasteiger partial charge in [-0.05, 0) is 60.3 Å². The van der Waals surface area contributed by atoms with E-state index in [2.05, 4.69) is 15.9 Å². The lowest BCUT2D eigenvalue weighted by atomic mass is 9.88. The van der Waals surface area contributed by atoms with E-state index < -0.39 is 11.5 Å².